The molecular weight excluding hydrogens is 297 g/mol. The number of carboxylic acid groups (broad SMARTS) is 1. The van der Waals surface area contributed by atoms with Crippen molar-refractivity contribution in [2.24, 2.45) is 11.3 Å². The van der Waals surface area contributed by atoms with Crippen LogP contribution in [0.2, 0.25) is 0 Å². The summed E-state index contributed by atoms with van der Waals surface area (Å²) >= 11 is 0. The summed E-state index contributed by atoms with van der Waals surface area (Å²) in [5.41, 5.74) is -0.250. The number of rotatable bonds is 5. The van der Waals surface area contributed by atoms with Crippen LogP contribution in [0.1, 0.15) is 38.7 Å². The van der Waals surface area contributed by atoms with Crippen molar-refractivity contribution in [2.75, 3.05) is 13.1 Å². The quantitative estimate of drug-likeness (QED) is 0.906. The lowest BCUT2D eigenvalue weighted by Gasteiger charge is -2.38. The summed E-state index contributed by atoms with van der Waals surface area (Å²) in [7, 11) is 0. The van der Waals surface area contributed by atoms with Crippen molar-refractivity contribution in [2.45, 2.75) is 39.5 Å². The molecule has 4 nitrogen and oxygen atoms in total. The van der Waals surface area contributed by atoms with Crippen LogP contribution in [-0.2, 0) is 16.0 Å². The Morgan fingerprint density at radius 2 is 2.09 bits per heavy atom. The highest BCUT2D eigenvalue weighted by Crippen LogP contribution is 2.30. The van der Waals surface area contributed by atoms with Crippen molar-refractivity contribution in [3.8, 4) is 0 Å². The highest BCUT2D eigenvalue weighted by atomic mass is 19.1. The molecule has 0 saturated carbocycles. The number of benzene rings is 1. The Bertz CT molecular complexity index is 589. The van der Waals surface area contributed by atoms with Gasteiger partial charge in [-0.25, -0.2) is 4.39 Å². The lowest BCUT2D eigenvalue weighted by atomic mass is 9.81. The van der Waals surface area contributed by atoms with Gasteiger partial charge in [0.25, 0.3) is 0 Å². The highest BCUT2D eigenvalue weighted by Gasteiger charge is 2.39. The van der Waals surface area contributed by atoms with Gasteiger partial charge in [0.1, 0.15) is 5.82 Å². The molecular formula is C18H24FNO3. The number of aliphatic carboxylic acids is 1. The Labute approximate surface area is 136 Å². The molecule has 126 valence electrons. The van der Waals surface area contributed by atoms with Crippen LogP contribution in [0.4, 0.5) is 4.39 Å². The number of carboxylic acids is 1. The molecule has 5 heteroatoms. The Hall–Kier alpha value is -1.91. The first kappa shape index (κ1) is 17.4. The molecule has 1 N–H and O–H groups in total. The molecule has 1 aliphatic rings. The SMILES string of the molecule is CC(CCc1ccccc1F)C(=O)N1CCCC(C)(C(=O)O)C1. The van der Waals surface area contributed by atoms with Crippen molar-refractivity contribution in [1.82, 2.24) is 4.90 Å². The van der Waals surface area contributed by atoms with Crippen LogP contribution in [0, 0.1) is 17.2 Å². The van der Waals surface area contributed by atoms with Gasteiger partial charge in [0.15, 0.2) is 0 Å². The number of amides is 1. The molecule has 0 aliphatic carbocycles. The minimum Gasteiger partial charge on any atom is -0.481 e. The Morgan fingerprint density at radius 1 is 1.39 bits per heavy atom. The van der Waals surface area contributed by atoms with Gasteiger partial charge >= 0.3 is 5.97 Å². The molecule has 2 rings (SSSR count). The maximum atomic E-state index is 13.6. The summed E-state index contributed by atoms with van der Waals surface area (Å²) in [6, 6.07) is 6.58. The van der Waals surface area contributed by atoms with Crippen molar-refractivity contribution >= 4 is 11.9 Å². The summed E-state index contributed by atoms with van der Waals surface area (Å²) < 4.78 is 13.6. The molecule has 1 saturated heterocycles. The Kier molecular flexibility index (Phi) is 5.39. The normalized spacial score (nSPS) is 22.7. The minimum absolute atomic E-state index is 0.0338. The summed E-state index contributed by atoms with van der Waals surface area (Å²) in [6.07, 6.45) is 2.36. The molecule has 1 amide bonds. The maximum Gasteiger partial charge on any atom is 0.311 e. The van der Waals surface area contributed by atoms with Crippen molar-refractivity contribution in [1.29, 1.82) is 0 Å². The predicted octanol–water partition coefficient (Wildman–Crippen LogP) is 3.11. The molecule has 0 aromatic heterocycles. The molecule has 0 radical (unpaired) electrons. The average Bonchev–Trinajstić information content (AvgIpc) is 2.53. The smallest absolute Gasteiger partial charge is 0.311 e. The fourth-order valence-corrected chi connectivity index (χ4v) is 3.11. The van der Waals surface area contributed by atoms with Gasteiger partial charge in [0, 0.05) is 19.0 Å². The van der Waals surface area contributed by atoms with E-state index in [1.807, 2.05) is 6.92 Å². The molecule has 1 aromatic rings. The van der Waals surface area contributed by atoms with Crippen LogP contribution in [0.15, 0.2) is 24.3 Å². The second-order valence-electron chi connectivity index (χ2n) is 6.76. The summed E-state index contributed by atoms with van der Waals surface area (Å²) in [4.78, 5) is 25.6. The van der Waals surface area contributed by atoms with Crippen LogP contribution >= 0.6 is 0 Å². The second-order valence-corrected chi connectivity index (χ2v) is 6.76. The number of carbonyl (C=O) groups is 2. The average molecular weight is 321 g/mol. The zero-order chi connectivity index (χ0) is 17.0. The fraction of sp³-hybridized carbons (Fsp3) is 0.556. The lowest BCUT2D eigenvalue weighted by Crippen LogP contribution is -2.49. The first-order valence-corrected chi connectivity index (χ1v) is 8.09. The first-order chi connectivity index (χ1) is 10.8. The summed E-state index contributed by atoms with van der Waals surface area (Å²) in [6.45, 7) is 4.38. The van der Waals surface area contributed by atoms with E-state index in [-0.39, 0.29) is 24.2 Å². The molecule has 1 aromatic carbocycles. The number of halogens is 1. The minimum atomic E-state index is -0.862. The molecule has 23 heavy (non-hydrogen) atoms. The van der Waals surface area contributed by atoms with Crippen LogP contribution in [0.25, 0.3) is 0 Å². The Morgan fingerprint density at radius 3 is 2.74 bits per heavy atom. The van der Waals surface area contributed by atoms with Gasteiger partial charge in [-0.2, -0.15) is 0 Å². The molecule has 2 atom stereocenters. The van der Waals surface area contributed by atoms with E-state index < -0.39 is 11.4 Å². The van der Waals surface area contributed by atoms with Crippen LogP contribution in [0.5, 0.6) is 0 Å². The van der Waals surface area contributed by atoms with Gasteiger partial charge in [0.2, 0.25) is 5.91 Å². The van der Waals surface area contributed by atoms with Gasteiger partial charge in [-0.15, -0.1) is 0 Å². The summed E-state index contributed by atoms with van der Waals surface area (Å²) in [5, 5.41) is 9.34. The van der Waals surface area contributed by atoms with E-state index in [2.05, 4.69) is 0 Å². The van der Waals surface area contributed by atoms with E-state index in [0.29, 0.717) is 37.8 Å². The van der Waals surface area contributed by atoms with Gasteiger partial charge in [0.05, 0.1) is 5.41 Å². The molecule has 0 bridgehead atoms. The number of likely N-dealkylation sites (tertiary alicyclic amines) is 1. The largest absolute Gasteiger partial charge is 0.481 e. The van der Waals surface area contributed by atoms with Gasteiger partial charge < -0.3 is 10.0 Å². The van der Waals surface area contributed by atoms with Gasteiger partial charge in [-0.1, -0.05) is 25.1 Å². The van der Waals surface area contributed by atoms with Crippen LogP contribution < -0.4 is 0 Å². The molecule has 0 spiro atoms. The number of carbonyl (C=O) groups excluding carboxylic acids is 1. The predicted molar refractivity (Wildman–Crippen MR) is 85.4 cm³/mol. The topological polar surface area (TPSA) is 57.6 Å². The van der Waals surface area contributed by atoms with E-state index >= 15 is 0 Å². The van der Waals surface area contributed by atoms with Gasteiger partial charge in [-0.3, -0.25) is 9.59 Å². The van der Waals surface area contributed by atoms with Crippen LogP contribution in [0.3, 0.4) is 0 Å². The molecule has 2 unspecified atom stereocenters. The zero-order valence-electron chi connectivity index (χ0n) is 13.7. The third-order valence-corrected chi connectivity index (χ3v) is 4.75. The molecule has 1 aliphatic heterocycles. The van der Waals surface area contributed by atoms with E-state index in [4.69, 9.17) is 0 Å². The molecule has 1 heterocycles. The standard InChI is InChI=1S/C18H24FNO3/c1-13(8-9-14-6-3-4-7-15(14)19)16(21)20-11-5-10-18(2,12-20)17(22)23/h3-4,6-7,13H,5,8-12H2,1-2H3,(H,22,23). The van der Waals surface area contributed by atoms with Crippen molar-refractivity contribution in [3.63, 3.8) is 0 Å². The monoisotopic (exact) mass is 321 g/mol. The number of hydrogen-bond acceptors (Lipinski definition) is 2. The number of nitrogens with zero attached hydrogens (tertiary/aromatic N) is 1. The lowest BCUT2D eigenvalue weighted by molar-refractivity contribution is -0.154. The first-order valence-electron chi connectivity index (χ1n) is 8.09. The van der Waals surface area contributed by atoms with E-state index in [1.54, 1.807) is 30.0 Å². The Balaban J connectivity index is 1.94. The molecule has 1 fully saturated rings. The zero-order valence-corrected chi connectivity index (χ0v) is 13.7. The van der Waals surface area contributed by atoms with Gasteiger partial charge in [-0.05, 0) is 44.2 Å². The van der Waals surface area contributed by atoms with E-state index in [9.17, 15) is 19.1 Å². The van der Waals surface area contributed by atoms with Crippen LogP contribution in [-0.4, -0.2) is 35.0 Å². The summed E-state index contributed by atoms with van der Waals surface area (Å²) in [5.74, 6) is -1.38. The number of piperidine rings is 1. The van der Waals surface area contributed by atoms with E-state index in [1.165, 1.54) is 6.07 Å². The van der Waals surface area contributed by atoms with Crippen molar-refractivity contribution < 1.29 is 19.1 Å². The maximum absolute atomic E-state index is 13.6. The second kappa shape index (κ2) is 7.11. The third-order valence-electron chi connectivity index (χ3n) is 4.75. The highest BCUT2D eigenvalue weighted by molar-refractivity contribution is 5.81. The fourth-order valence-electron chi connectivity index (χ4n) is 3.11. The van der Waals surface area contributed by atoms with Crippen molar-refractivity contribution in [3.05, 3.63) is 35.6 Å². The third kappa shape index (κ3) is 4.09. The number of aryl methyl sites for hydroxylation is 1. The number of hydrogen-bond donors (Lipinski definition) is 1. The van der Waals surface area contributed by atoms with E-state index in [0.717, 1.165) is 0 Å².